The van der Waals surface area contributed by atoms with Gasteiger partial charge in [0.05, 0.1) is 0 Å². The van der Waals surface area contributed by atoms with Gasteiger partial charge in [0, 0.05) is 24.7 Å². The van der Waals surface area contributed by atoms with Gasteiger partial charge in [-0.25, -0.2) is 9.78 Å². The Labute approximate surface area is 130 Å². The number of carboxylic acid groups (broad SMARTS) is 1. The minimum absolute atomic E-state index is 0.0852. The van der Waals surface area contributed by atoms with Crippen molar-refractivity contribution in [2.24, 2.45) is 11.3 Å². The van der Waals surface area contributed by atoms with Crippen LogP contribution in [0.4, 0.5) is 10.6 Å². The number of nitrogens with one attached hydrogen (secondary N) is 1. The normalized spacial score (nSPS) is 22.2. The predicted octanol–water partition coefficient (Wildman–Crippen LogP) is 2.82. The second-order valence-corrected chi connectivity index (χ2v) is 6.78. The molecule has 1 saturated heterocycles. The van der Waals surface area contributed by atoms with Crippen LogP contribution in [-0.4, -0.2) is 39.6 Å². The Morgan fingerprint density at radius 3 is 2.64 bits per heavy atom. The third-order valence-corrected chi connectivity index (χ3v) is 4.13. The third-order valence-electron chi connectivity index (χ3n) is 4.13. The van der Waals surface area contributed by atoms with Crippen LogP contribution < -0.4 is 5.32 Å². The highest BCUT2D eigenvalue weighted by Gasteiger charge is 2.40. The Morgan fingerprint density at radius 1 is 1.36 bits per heavy atom. The summed E-state index contributed by atoms with van der Waals surface area (Å²) in [4.78, 5) is 29.3. The van der Waals surface area contributed by atoms with Crippen molar-refractivity contribution in [1.82, 2.24) is 9.88 Å². The fourth-order valence-corrected chi connectivity index (χ4v) is 2.92. The first-order valence-electron chi connectivity index (χ1n) is 7.50. The van der Waals surface area contributed by atoms with E-state index in [4.69, 9.17) is 0 Å². The van der Waals surface area contributed by atoms with E-state index in [2.05, 4.69) is 10.3 Å². The van der Waals surface area contributed by atoms with E-state index in [0.717, 1.165) is 0 Å². The summed E-state index contributed by atoms with van der Waals surface area (Å²) >= 11 is 0. The monoisotopic (exact) mass is 305 g/mol. The SMILES string of the molecule is CC(C)(C)C1CC(C(=O)Nc2ccccn2)CCN1C(=O)O. The molecule has 1 fully saturated rings. The van der Waals surface area contributed by atoms with Crippen molar-refractivity contribution < 1.29 is 14.7 Å². The molecule has 6 heteroatoms. The average Bonchev–Trinajstić information content (AvgIpc) is 2.46. The van der Waals surface area contributed by atoms with E-state index in [9.17, 15) is 14.7 Å². The molecule has 2 rings (SSSR count). The number of amides is 2. The van der Waals surface area contributed by atoms with Gasteiger partial charge in [-0.1, -0.05) is 26.8 Å². The van der Waals surface area contributed by atoms with Crippen LogP contribution in [0.1, 0.15) is 33.6 Å². The number of rotatable bonds is 2. The Bertz CT molecular complexity index is 539. The summed E-state index contributed by atoms with van der Waals surface area (Å²) in [6.45, 7) is 6.41. The van der Waals surface area contributed by atoms with Crippen LogP contribution in [0.5, 0.6) is 0 Å². The molecule has 0 aliphatic carbocycles. The summed E-state index contributed by atoms with van der Waals surface area (Å²) in [5.74, 6) is 0.250. The minimum atomic E-state index is -0.913. The van der Waals surface area contributed by atoms with Gasteiger partial charge in [0.25, 0.3) is 0 Å². The predicted molar refractivity (Wildman–Crippen MR) is 83.6 cm³/mol. The van der Waals surface area contributed by atoms with E-state index < -0.39 is 6.09 Å². The number of piperidine rings is 1. The van der Waals surface area contributed by atoms with Crippen LogP contribution in [0.25, 0.3) is 0 Å². The van der Waals surface area contributed by atoms with Crippen molar-refractivity contribution in [1.29, 1.82) is 0 Å². The lowest BCUT2D eigenvalue weighted by atomic mass is 9.77. The molecule has 1 aliphatic heterocycles. The zero-order valence-electron chi connectivity index (χ0n) is 13.2. The summed E-state index contributed by atoms with van der Waals surface area (Å²) in [5, 5.41) is 12.2. The number of hydrogen-bond donors (Lipinski definition) is 2. The van der Waals surface area contributed by atoms with Crippen molar-refractivity contribution in [3.63, 3.8) is 0 Å². The standard InChI is InChI=1S/C16H23N3O3/c1-16(2,3)12-10-11(7-9-19(12)15(21)22)14(20)18-13-6-4-5-8-17-13/h4-6,8,11-12H,7,9-10H2,1-3H3,(H,21,22)(H,17,18,20). The molecule has 0 spiro atoms. The van der Waals surface area contributed by atoms with Gasteiger partial charge in [-0.05, 0) is 30.4 Å². The molecule has 6 nitrogen and oxygen atoms in total. The molecule has 0 saturated carbocycles. The number of anilines is 1. The highest BCUT2D eigenvalue weighted by atomic mass is 16.4. The van der Waals surface area contributed by atoms with Crippen LogP contribution in [0.15, 0.2) is 24.4 Å². The van der Waals surface area contributed by atoms with E-state index in [0.29, 0.717) is 25.2 Å². The van der Waals surface area contributed by atoms with E-state index in [1.54, 1.807) is 18.3 Å². The van der Waals surface area contributed by atoms with Crippen molar-refractivity contribution >= 4 is 17.8 Å². The number of pyridine rings is 1. The summed E-state index contributed by atoms with van der Waals surface area (Å²) < 4.78 is 0. The van der Waals surface area contributed by atoms with Gasteiger partial charge in [-0.2, -0.15) is 0 Å². The smallest absolute Gasteiger partial charge is 0.407 e. The second-order valence-electron chi connectivity index (χ2n) is 6.78. The lowest BCUT2D eigenvalue weighted by molar-refractivity contribution is -0.122. The largest absolute Gasteiger partial charge is 0.465 e. The van der Waals surface area contributed by atoms with Crippen LogP contribution in [-0.2, 0) is 4.79 Å². The Morgan fingerprint density at radius 2 is 2.09 bits per heavy atom. The highest BCUT2D eigenvalue weighted by molar-refractivity contribution is 5.91. The highest BCUT2D eigenvalue weighted by Crippen LogP contribution is 2.35. The number of carbonyl (C=O) groups is 2. The summed E-state index contributed by atoms with van der Waals surface area (Å²) in [5.41, 5.74) is -0.206. The molecule has 0 radical (unpaired) electrons. The molecule has 120 valence electrons. The van der Waals surface area contributed by atoms with Crippen LogP contribution in [0.2, 0.25) is 0 Å². The molecular formula is C16H23N3O3. The lowest BCUT2D eigenvalue weighted by Gasteiger charge is -2.44. The van der Waals surface area contributed by atoms with Gasteiger partial charge in [-0.15, -0.1) is 0 Å². The molecule has 0 aromatic carbocycles. The molecule has 2 amide bonds. The third kappa shape index (κ3) is 3.75. The fraction of sp³-hybridized carbons (Fsp3) is 0.562. The molecule has 1 aromatic rings. The fourth-order valence-electron chi connectivity index (χ4n) is 2.92. The molecule has 2 unspecified atom stereocenters. The first kappa shape index (κ1) is 16.3. The maximum absolute atomic E-state index is 12.4. The van der Waals surface area contributed by atoms with Gasteiger partial charge in [-0.3, -0.25) is 4.79 Å². The number of nitrogens with zero attached hydrogens (tertiary/aromatic N) is 2. The molecule has 1 aromatic heterocycles. The second kappa shape index (κ2) is 6.34. The topological polar surface area (TPSA) is 82.5 Å². The Balaban J connectivity index is 2.07. The molecule has 22 heavy (non-hydrogen) atoms. The zero-order valence-corrected chi connectivity index (χ0v) is 13.2. The van der Waals surface area contributed by atoms with Crippen molar-refractivity contribution in [2.45, 2.75) is 39.7 Å². The molecule has 2 N–H and O–H groups in total. The maximum atomic E-state index is 12.4. The summed E-state index contributed by atoms with van der Waals surface area (Å²) in [6, 6.07) is 5.17. The van der Waals surface area contributed by atoms with Gasteiger partial charge in [0.15, 0.2) is 0 Å². The van der Waals surface area contributed by atoms with E-state index in [1.807, 2.05) is 26.8 Å². The number of carbonyl (C=O) groups excluding carboxylic acids is 1. The minimum Gasteiger partial charge on any atom is -0.465 e. The van der Waals surface area contributed by atoms with Crippen LogP contribution in [0.3, 0.4) is 0 Å². The lowest BCUT2D eigenvalue weighted by Crippen LogP contribution is -2.53. The quantitative estimate of drug-likeness (QED) is 0.880. The van der Waals surface area contributed by atoms with E-state index >= 15 is 0 Å². The molecule has 0 bridgehead atoms. The average molecular weight is 305 g/mol. The summed E-state index contributed by atoms with van der Waals surface area (Å²) in [6.07, 6.45) is 1.79. The van der Waals surface area contributed by atoms with Crippen molar-refractivity contribution in [3.8, 4) is 0 Å². The Hall–Kier alpha value is -2.11. The van der Waals surface area contributed by atoms with Crippen LogP contribution >= 0.6 is 0 Å². The van der Waals surface area contributed by atoms with E-state index in [-0.39, 0.29) is 23.3 Å². The van der Waals surface area contributed by atoms with Crippen molar-refractivity contribution in [2.75, 3.05) is 11.9 Å². The van der Waals surface area contributed by atoms with Gasteiger partial charge < -0.3 is 15.3 Å². The molecular weight excluding hydrogens is 282 g/mol. The molecule has 2 heterocycles. The van der Waals surface area contributed by atoms with Gasteiger partial charge >= 0.3 is 6.09 Å². The summed E-state index contributed by atoms with van der Waals surface area (Å²) in [7, 11) is 0. The van der Waals surface area contributed by atoms with Gasteiger partial charge in [0.1, 0.15) is 5.82 Å². The number of likely N-dealkylation sites (tertiary alicyclic amines) is 1. The molecule has 1 aliphatic rings. The zero-order chi connectivity index (χ0) is 16.3. The van der Waals surface area contributed by atoms with E-state index in [1.165, 1.54) is 4.90 Å². The number of aromatic nitrogens is 1. The molecule has 2 atom stereocenters. The first-order chi connectivity index (χ1) is 10.3. The maximum Gasteiger partial charge on any atom is 0.407 e. The van der Waals surface area contributed by atoms with Gasteiger partial charge in [0.2, 0.25) is 5.91 Å². The first-order valence-corrected chi connectivity index (χ1v) is 7.50. The Kier molecular flexibility index (Phi) is 4.68. The van der Waals surface area contributed by atoms with Crippen LogP contribution in [0, 0.1) is 11.3 Å². The van der Waals surface area contributed by atoms with Crippen molar-refractivity contribution in [3.05, 3.63) is 24.4 Å². The number of hydrogen-bond acceptors (Lipinski definition) is 3.